The molecule has 1 saturated heterocycles. The first-order valence-corrected chi connectivity index (χ1v) is 9.97. The van der Waals surface area contributed by atoms with E-state index in [0.29, 0.717) is 36.2 Å². The molecule has 0 saturated carbocycles. The van der Waals surface area contributed by atoms with E-state index < -0.39 is 11.7 Å². The number of nitrogens with zero attached hydrogens (tertiary/aromatic N) is 1. The van der Waals surface area contributed by atoms with Gasteiger partial charge >= 0.3 is 0 Å². The van der Waals surface area contributed by atoms with Crippen molar-refractivity contribution in [3.8, 4) is 5.75 Å². The summed E-state index contributed by atoms with van der Waals surface area (Å²) in [5, 5.41) is 2.65. The Balaban J connectivity index is 1.66. The van der Waals surface area contributed by atoms with E-state index in [9.17, 15) is 14.0 Å². The van der Waals surface area contributed by atoms with Crippen molar-refractivity contribution in [2.75, 3.05) is 25.0 Å². The van der Waals surface area contributed by atoms with Crippen LogP contribution in [0.5, 0.6) is 5.75 Å². The van der Waals surface area contributed by atoms with Crippen LogP contribution < -0.4 is 10.1 Å². The lowest BCUT2D eigenvalue weighted by atomic mass is 9.91. The van der Waals surface area contributed by atoms with Gasteiger partial charge in [0.25, 0.3) is 11.8 Å². The number of likely N-dealkylation sites (tertiary alicyclic amines) is 1. The number of para-hydroxylation sites is 1. The number of hydrogen-bond acceptors (Lipinski definition) is 3. The van der Waals surface area contributed by atoms with E-state index in [1.807, 2.05) is 4.90 Å². The van der Waals surface area contributed by atoms with Crippen LogP contribution in [0, 0.1) is 17.7 Å². The quantitative estimate of drug-likeness (QED) is 0.771. The number of nitrogens with one attached hydrogen (secondary N) is 1. The fraction of sp³-hybridized carbons (Fsp3) is 0.364. The molecule has 2 aromatic carbocycles. The van der Waals surface area contributed by atoms with E-state index in [4.69, 9.17) is 16.3 Å². The van der Waals surface area contributed by atoms with Gasteiger partial charge in [0.2, 0.25) is 0 Å². The predicted molar refractivity (Wildman–Crippen MR) is 111 cm³/mol. The van der Waals surface area contributed by atoms with Gasteiger partial charge < -0.3 is 15.0 Å². The fourth-order valence-corrected chi connectivity index (χ4v) is 3.85. The minimum atomic E-state index is -0.558. The van der Waals surface area contributed by atoms with Gasteiger partial charge in [-0.15, -0.1) is 0 Å². The van der Waals surface area contributed by atoms with E-state index in [1.54, 1.807) is 24.3 Å². The molecule has 29 heavy (non-hydrogen) atoms. The Kier molecular flexibility index (Phi) is 6.75. The number of halogens is 2. The molecule has 1 aliphatic rings. The highest BCUT2D eigenvalue weighted by Crippen LogP contribution is 2.25. The van der Waals surface area contributed by atoms with Crippen molar-refractivity contribution in [1.82, 2.24) is 4.90 Å². The number of benzene rings is 2. The van der Waals surface area contributed by atoms with Gasteiger partial charge in [-0.3, -0.25) is 9.59 Å². The largest absolute Gasteiger partial charge is 0.484 e. The van der Waals surface area contributed by atoms with Crippen LogP contribution in [-0.2, 0) is 4.79 Å². The van der Waals surface area contributed by atoms with Crippen LogP contribution in [0.25, 0.3) is 0 Å². The van der Waals surface area contributed by atoms with Crippen molar-refractivity contribution in [3.05, 3.63) is 58.9 Å². The number of ether oxygens (including phenoxy) is 1. The number of carbonyl (C=O) groups excluding carboxylic acids is 2. The second-order valence-corrected chi connectivity index (χ2v) is 8.02. The molecule has 1 N–H and O–H groups in total. The minimum absolute atomic E-state index is 0.0798. The molecule has 0 aliphatic carbocycles. The normalized spacial score (nSPS) is 19.0. The first-order valence-electron chi connectivity index (χ1n) is 9.59. The van der Waals surface area contributed by atoms with Crippen molar-refractivity contribution >= 4 is 29.1 Å². The van der Waals surface area contributed by atoms with Crippen LogP contribution in [0.1, 0.15) is 30.6 Å². The summed E-state index contributed by atoms with van der Waals surface area (Å²) in [6.07, 6.45) is 1.10. The zero-order chi connectivity index (χ0) is 21.0. The third kappa shape index (κ3) is 5.48. The molecule has 2 aromatic rings. The van der Waals surface area contributed by atoms with Crippen LogP contribution in [0.15, 0.2) is 42.5 Å². The Morgan fingerprint density at radius 3 is 2.55 bits per heavy atom. The van der Waals surface area contributed by atoms with Crippen molar-refractivity contribution in [2.24, 2.45) is 11.8 Å². The number of anilines is 1. The van der Waals surface area contributed by atoms with Gasteiger partial charge in [0.05, 0.1) is 16.3 Å². The summed E-state index contributed by atoms with van der Waals surface area (Å²) in [4.78, 5) is 27.2. The minimum Gasteiger partial charge on any atom is -0.484 e. The van der Waals surface area contributed by atoms with E-state index >= 15 is 0 Å². The molecule has 0 spiro atoms. The summed E-state index contributed by atoms with van der Waals surface area (Å²) >= 11 is 5.71. The third-order valence-corrected chi connectivity index (χ3v) is 5.14. The number of hydrogen-bond donors (Lipinski definition) is 1. The third-order valence-electron chi connectivity index (χ3n) is 4.85. The average Bonchev–Trinajstić information content (AvgIpc) is 2.68. The Morgan fingerprint density at radius 1 is 1.17 bits per heavy atom. The maximum absolute atomic E-state index is 13.2. The number of piperidine rings is 1. The van der Waals surface area contributed by atoms with E-state index in [1.165, 1.54) is 18.2 Å². The Bertz CT molecular complexity index is 895. The highest BCUT2D eigenvalue weighted by atomic mass is 35.5. The lowest BCUT2D eigenvalue weighted by Crippen LogP contribution is -2.42. The molecule has 5 nitrogen and oxygen atoms in total. The summed E-state index contributed by atoms with van der Waals surface area (Å²) in [6.45, 7) is 5.41. The van der Waals surface area contributed by atoms with Crippen LogP contribution in [-0.4, -0.2) is 36.4 Å². The summed E-state index contributed by atoms with van der Waals surface area (Å²) in [5.74, 6) is 0.0989. The van der Waals surface area contributed by atoms with Crippen molar-refractivity contribution < 1.29 is 18.7 Å². The van der Waals surface area contributed by atoms with E-state index in [0.717, 1.165) is 6.42 Å². The van der Waals surface area contributed by atoms with Crippen LogP contribution in [0.4, 0.5) is 10.1 Å². The molecule has 0 bridgehead atoms. The van der Waals surface area contributed by atoms with Gasteiger partial charge in [0.1, 0.15) is 11.6 Å². The van der Waals surface area contributed by atoms with Crippen molar-refractivity contribution in [3.63, 3.8) is 0 Å². The molecule has 0 aromatic heterocycles. The summed E-state index contributed by atoms with van der Waals surface area (Å²) in [6, 6.07) is 10.8. The molecule has 1 fully saturated rings. The lowest BCUT2D eigenvalue weighted by molar-refractivity contribution is -0.118. The molecule has 1 aliphatic heterocycles. The van der Waals surface area contributed by atoms with Crippen molar-refractivity contribution in [1.29, 1.82) is 0 Å². The Labute approximate surface area is 174 Å². The zero-order valence-electron chi connectivity index (χ0n) is 16.5. The summed E-state index contributed by atoms with van der Waals surface area (Å²) in [5.41, 5.74) is 0.890. The maximum Gasteiger partial charge on any atom is 0.262 e. The first-order chi connectivity index (χ1) is 13.8. The van der Waals surface area contributed by atoms with Crippen LogP contribution >= 0.6 is 11.6 Å². The highest BCUT2D eigenvalue weighted by Gasteiger charge is 2.27. The molecule has 1 heterocycles. The Morgan fingerprint density at radius 2 is 1.86 bits per heavy atom. The van der Waals surface area contributed by atoms with E-state index in [-0.39, 0.29) is 23.3 Å². The standard InChI is InChI=1S/C22H24ClFN2O3/c1-14-9-15(2)12-26(11-14)22(28)17-5-3-4-6-20(17)25-21(27)13-29-16-7-8-19(24)18(23)10-16/h3-8,10,14-15H,9,11-13H2,1-2H3,(H,25,27). The Hall–Kier alpha value is -2.60. The predicted octanol–water partition coefficient (Wildman–Crippen LogP) is 4.61. The number of amides is 2. The molecule has 3 rings (SSSR count). The van der Waals surface area contributed by atoms with Crippen LogP contribution in [0.3, 0.4) is 0 Å². The fourth-order valence-electron chi connectivity index (χ4n) is 3.68. The zero-order valence-corrected chi connectivity index (χ0v) is 17.2. The molecule has 0 radical (unpaired) electrons. The molecular formula is C22H24ClFN2O3. The number of carbonyl (C=O) groups is 2. The molecule has 2 unspecified atom stereocenters. The monoisotopic (exact) mass is 418 g/mol. The highest BCUT2D eigenvalue weighted by molar-refractivity contribution is 6.30. The summed E-state index contributed by atoms with van der Waals surface area (Å²) < 4.78 is 18.6. The number of rotatable bonds is 5. The van der Waals surface area contributed by atoms with Gasteiger partial charge in [0.15, 0.2) is 6.61 Å². The topological polar surface area (TPSA) is 58.6 Å². The van der Waals surface area contributed by atoms with Gasteiger partial charge in [-0.05, 0) is 42.5 Å². The smallest absolute Gasteiger partial charge is 0.262 e. The second-order valence-electron chi connectivity index (χ2n) is 7.61. The average molecular weight is 419 g/mol. The van der Waals surface area contributed by atoms with Gasteiger partial charge in [-0.1, -0.05) is 37.6 Å². The molecule has 2 atom stereocenters. The summed E-state index contributed by atoms with van der Waals surface area (Å²) in [7, 11) is 0. The molecule has 154 valence electrons. The SMILES string of the molecule is CC1CC(C)CN(C(=O)c2ccccc2NC(=O)COc2ccc(F)c(Cl)c2)C1. The van der Waals surface area contributed by atoms with Gasteiger partial charge in [-0.2, -0.15) is 0 Å². The molecule has 2 amide bonds. The molecular weight excluding hydrogens is 395 g/mol. The second kappa shape index (κ2) is 9.27. The molecule has 7 heteroatoms. The van der Waals surface area contributed by atoms with Gasteiger partial charge in [-0.25, -0.2) is 4.39 Å². The van der Waals surface area contributed by atoms with Crippen molar-refractivity contribution in [2.45, 2.75) is 20.3 Å². The first kappa shape index (κ1) is 21.1. The van der Waals surface area contributed by atoms with Gasteiger partial charge in [0, 0.05) is 19.2 Å². The van der Waals surface area contributed by atoms with Crippen LogP contribution in [0.2, 0.25) is 5.02 Å². The lowest BCUT2D eigenvalue weighted by Gasteiger charge is -2.35. The maximum atomic E-state index is 13.2. The van der Waals surface area contributed by atoms with E-state index in [2.05, 4.69) is 19.2 Å².